The lowest BCUT2D eigenvalue weighted by atomic mass is 10.1. The van der Waals surface area contributed by atoms with Gasteiger partial charge in [-0.25, -0.2) is 0 Å². The third-order valence-electron chi connectivity index (χ3n) is 3.44. The number of hydrogen-bond donors (Lipinski definition) is 2. The molecule has 1 aliphatic carbocycles. The molecule has 98 valence electrons. The van der Waals surface area contributed by atoms with E-state index in [2.05, 4.69) is 5.32 Å². The van der Waals surface area contributed by atoms with Crippen LogP contribution in [0.25, 0.3) is 0 Å². The second kappa shape index (κ2) is 5.87. The Bertz CT molecular complexity index is 402. The molecule has 4 heteroatoms. The quantitative estimate of drug-likeness (QED) is 0.849. The highest BCUT2D eigenvalue weighted by molar-refractivity contribution is 5.79. The van der Waals surface area contributed by atoms with Gasteiger partial charge >= 0.3 is 0 Å². The molecule has 1 aromatic rings. The van der Waals surface area contributed by atoms with Crippen molar-refractivity contribution in [2.75, 3.05) is 7.11 Å². The summed E-state index contributed by atoms with van der Waals surface area (Å²) in [5.41, 5.74) is 1.02. The van der Waals surface area contributed by atoms with Crippen LogP contribution >= 0.6 is 0 Å². The lowest BCUT2D eigenvalue weighted by Gasteiger charge is -2.14. The summed E-state index contributed by atoms with van der Waals surface area (Å²) in [6.45, 7) is 0.492. The molecule has 1 saturated carbocycles. The second-order valence-corrected chi connectivity index (χ2v) is 4.67. The second-order valence-electron chi connectivity index (χ2n) is 4.67. The van der Waals surface area contributed by atoms with Crippen LogP contribution in [-0.4, -0.2) is 24.2 Å². The summed E-state index contributed by atoms with van der Waals surface area (Å²) in [5, 5.41) is 12.5. The minimum atomic E-state index is -0.471. The minimum absolute atomic E-state index is 0.0455. The smallest absolute Gasteiger partial charge is 0.225 e. The number of rotatable bonds is 4. The summed E-state index contributed by atoms with van der Waals surface area (Å²) in [4.78, 5) is 11.9. The Labute approximate surface area is 107 Å². The van der Waals surface area contributed by atoms with Crippen LogP contribution in [0.2, 0.25) is 0 Å². The number of benzene rings is 1. The first-order valence-electron chi connectivity index (χ1n) is 6.29. The van der Waals surface area contributed by atoms with Crippen LogP contribution in [0.15, 0.2) is 24.3 Å². The molecule has 18 heavy (non-hydrogen) atoms. The van der Waals surface area contributed by atoms with Gasteiger partial charge in [-0.15, -0.1) is 0 Å². The highest BCUT2D eigenvalue weighted by atomic mass is 16.5. The summed E-state index contributed by atoms with van der Waals surface area (Å²) in [5.74, 6) is 0.523. The molecule has 0 heterocycles. The van der Waals surface area contributed by atoms with Crippen molar-refractivity contribution in [3.05, 3.63) is 29.8 Å². The van der Waals surface area contributed by atoms with E-state index in [1.54, 1.807) is 7.11 Å². The highest BCUT2D eigenvalue weighted by Gasteiger charge is 2.30. The van der Waals surface area contributed by atoms with Crippen LogP contribution in [0.3, 0.4) is 0 Å². The van der Waals surface area contributed by atoms with Crippen molar-refractivity contribution in [1.82, 2.24) is 5.32 Å². The van der Waals surface area contributed by atoms with Gasteiger partial charge in [0.2, 0.25) is 5.91 Å². The third-order valence-corrected chi connectivity index (χ3v) is 3.44. The minimum Gasteiger partial charge on any atom is -0.497 e. The fourth-order valence-electron chi connectivity index (χ4n) is 2.31. The molecule has 4 nitrogen and oxygen atoms in total. The Morgan fingerprint density at radius 3 is 2.67 bits per heavy atom. The molecule has 2 unspecified atom stereocenters. The molecule has 1 aliphatic rings. The van der Waals surface area contributed by atoms with E-state index >= 15 is 0 Å². The van der Waals surface area contributed by atoms with E-state index in [9.17, 15) is 9.90 Å². The predicted octanol–water partition coefficient (Wildman–Crippen LogP) is 1.47. The molecule has 0 bridgehead atoms. The first-order valence-corrected chi connectivity index (χ1v) is 6.29. The first kappa shape index (κ1) is 12.9. The predicted molar refractivity (Wildman–Crippen MR) is 68.2 cm³/mol. The monoisotopic (exact) mass is 249 g/mol. The van der Waals surface area contributed by atoms with Crippen LogP contribution < -0.4 is 10.1 Å². The number of amides is 1. The van der Waals surface area contributed by atoms with E-state index in [-0.39, 0.29) is 11.8 Å². The summed E-state index contributed by atoms with van der Waals surface area (Å²) >= 11 is 0. The largest absolute Gasteiger partial charge is 0.497 e. The number of carbonyl (C=O) groups is 1. The molecule has 2 N–H and O–H groups in total. The van der Waals surface area contributed by atoms with Gasteiger partial charge in [-0.05, 0) is 37.0 Å². The van der Waals surface area contributed by atoms with Crippen molar-refractivity contribution in [2.24, 2.45) is 5.92 Å². The summed E-state index contributed by atoms with van der Waals surface area (Å²) < 4.78 is 5.07. The Balaban J connectivity index is 1.85. The zero-order valence-electron chi connectivity index (χ0n) is 10.6. The number of aliphatic hydroxyl groups is 1. The molecule has 0 aliphatic heterocycles. The van der Waals surface area contributed by atoms with Crippen molar-refractivity contribution in [3.63, 3.8) is 0 Å². The van der Waals surface area contributed by atoms with Gasteiger partial charge in [-0.1, -0.05) is 12.1 Å². The molecule has 1 fully saturated rings. The zero-order valence-corrected chi connectivity index (χ0v) is 10.6. The molecular formula is C14H19NO3. The maximum atomic E-state index is 11.9. The molecule has 1 aromatic carbocycles. The molecule has 1 amide bonds. The Morgan fingerprint density at radius 2 is 2.11 bits per heavy atom. The third kappa shape index (κ3) is 3.01. The van der Waals surface area contributed by atoms with E-state index in [0.29, 0.717) is 6.54 Å². The fourth-order valence-corrected chi connectivity index (χ4v) is 2.31. The average molecular weight is 249 g/mol. The van der Waals surface area contributed by atoms with Gasteiger partial charge in [0.15, 0.2) is 0 Å². The summed E-state index contributed by atoms with van der Waals surface area (Å²) in [6, 6.07) is 7.58. The number of aliphatic hydroxyl groups excluding tert-OH is 1. The van der Waals surface area contributed by atoms with Crippen LogP contribution in [0.5, 0.6) is 5.75 Å². The SMILES string of the molecule is COc1ccc(CNC(=O)C2CCCC2O)cc1. The molecule has 0 aromatic heterocycles. The van der Waals surface area contributed by atoms with Gasteiger partial charge < -0.3 is 15.2 Å². The van der Waals surface area contributed by atoms with Crippen molar-refractivity contribution in [2.45, 2.75) is 31.9 Å². The number of hydrogen-bond acceptors (Lipinski definition) is 3. The Kier molecular flexibility index (Phi) is 4.20. The van der Waals surface area contributed by atoms with Crippen molar-refractivity contribution < 1.29 is 14.6 Å². The van der Waals surface area contributed by atoms with Crippen LogP contribution in [0, 0.1) is 5.92 Å². The maximum Gasteiger partial charge on any atom is 0.225 e. The first-order chi connectivity index (χ1) is 8.70. The normalized spacial score (nSPS) is 22.8. The Morgan fingerprint density at radius 1 is 1.39 bits per heavy atom. The van der Waals surface area contributed by atoms with Gasteiger partial charge in [0.25, 0.3) is 0 Å². The van der Waals surface area contributed by atoms with Gasteiger partial charge in [0.05, 0.1) is 19.1 Å². The van der Waals surface area contributed by atoms with E-state index in [4.69, 9.17) is 4.74 Å². The topological polar surface area (TPSA) is 58.6 Å². The summed E-state index contributed by atoms with van der Waals surface area (Å²) in [6.07, 6.45) is 1.98. The molecule has 2 atom stereocenters. The van der Waals surface area contributed by atoms with Crippen molar-refractivity contribution in [1.29, 1.82) is 0 Å². The van der Waals surface area contributed by atoms with E-state index in [1.807, 2.05) is 24.3 Å². The molecule has 0 radical (unpaired) electrons. The van der Waals surface area contributed by atoms with Gasteiger partial charge in [-0.2, -0.15) is 0 Å². The van der Waals surface area contributed by atoms with Crippen LogP contribution in [-0.2, 0) is 11.3 Å². The average Bonchev–Trinajstić information content (AvgIpc) is 2.83. The van der Waals surface area contributed by atoms with E-state index in [1.165, 1.54) is 0 Å². The number of ether oxygens (including phenoxy) is 1. The van der Waals surface area contributed by atoms with Crippen LogP contribution in [0.4, 0.5) is 0 Å². The fraction of sp³-hybridized carbons (Fsp3) is 0.500. The molecular weight excluding hydrogens is 230 g/mol. The lowest BCUT2D eigenvalue weighted by Crippen LogP contribution is -2.34. The summed E-state index contributed by atoms with van der Waals surface area (Å²) in [7, 11) is 1.62. The van der Waals surface area contributed by atoms with Gasteiger partial charge in [0.1, 0.15) is 5.75 Å². The molecule has 0 saturated heterocycles. The lowest BCUT2D eigenvalue weighted by molar-refractivity contribution is -0.127. The van der Waals surface area contributed by atoms with Crippen molar-refractivity contribution >= 4 is 5.91 Å². The standard InChI is InChI=1S/C14H19NO3/c1-18-11-7-5-10(6-8-11)9-15-14(17)12-3-2-4-13(12)16/h5-8,12-13,16H,2-4,9H2,1H3,(H,15,17). The van der Waals surface area contributed by atoms with Gasteiger partial charge in [-0.3, -0.25) is 4.79 Å². The number of carbonyl (C=O) groups excluding carboxylic acids is 1. The van der Waals surface area contributed by atoms with Crippen molar-refractivity contribution in [3.8, 4) is 5.75 Å². The van der Waals surface area contributed by atoms with E-state index in [0.717, 1.165) is 30.6 Å². The highest BCUT2D eigenvalue weighted by Crippen LogP contribution is 2.25. The number of methoxy groups -OCH3 is 1. The number of nitrogens with one attached hydrogen (secondary N) is 1. The molecule has 0 spiro atoms. The Hall–Kier alpha value is -1.55. The molecule has 2 rings (SSSR count). The van der Waals surface area contributed by atoms with Crippen LogP contribution in [0.1, 0.15) is 24.8 Å². The van der Waals surface area contributed by atoms with E-state index < -0.39 is 6.10 Å². The van der Waals surface area contributed by atoms with Gasteiger partial charge in [0, 0.05) is 6.54 Å². The maximum absolute atomic E-state index is 11.9. The zero-order chi connectivity index (χ0) is 13.0.